The van der Waals surface area contributed by atoms with Gasteiger partial charge in [-0.05, 0) is 36.8 Å². The molecule has 0 radical (unpaired) electrons. The largest absolute Gasteiger partial charge is 0.494 e. The van der Waals surface area contributed by atoms with Crippen LogP contribution in [-0.2, 0) is 0 Å². The highest BCUT2D eigenvalue weighted by atomic mass is 19.1. The number of hydrogen-bond acceptors (Lipinski definition) is 3. The second-order valence-corrected chi connectivity index (χ2v) is 4.14. The Morgan fingerprint density at radius 3 is 2.63 bits per heavy atom. The van der Waals surface area contributed by atoms with Crippen LogP contribution in [0.4, 0.5) is 15.8 Å². The summed E-state index contributed by atoms with van der Waals surface area (Å²) >= 11 is 0. The maximum Gasteiger partial charge on any atom is 0.167 e. The minimum atomic E-state index is -0.446. The first kappa shape index (κ1) is 12.9. The fourth-order valence-corrected chi connectivity index (χ4v) is 1.76. The van der Waals surface area contributed by atoms with E-state index in [4.69, 9.17) is 10.00 Å². The normalized spacial score (nSPS) is 9.79. The SMILES string of the molecule is COc1ccc(Nc2cc(C)ccc2C#N)cc1F. The monoisotopic (exact) mass is 256 g/mol. The molecule has 3 nitrogen and oxygen atoms in total. The van der Waals surface area contributed by atoms with Crippen molar-refractivity contribution in [3.8, 4) is 11.8 Å². The van der Waals surface area contributed by atoms with Crippen LogP contribution in [0.15, 0.2) is 36.4 Å². The van der Waals surface area contributed by atoms with Gasteiger partial charge < -0.3 is 10.1 Å². The zero-order valence-corrected chi connectivity index (χ0v) is 10.7. The lowest BCUT2D eigenvalue weighted by Gasteiger charge is -2.10. The molecule has 0 bridgehead atoms. The van der Waals surface area contributed by atoms with Crippen molar-refractivity contribution >= 4 is 11.4 Å². The second kappa shape index (κ2) is 5.40. The molecule has 0 aliphatic rings. The molecule has 0 spiro atoms. The van der Waals surface area contributed by atoms with Crippen molar-refractivity contribution in [3.63, 3.8) is 0 Å². The van der Waals surface area contributed by atoms with Crippen LogP contribution in [-0.4, -0.2) is 7.11 Å². The molecule has 1 N–H and O–H groups in total. The molecule has 0 heterocycles. The second-order valence-electron chi connectivity index (χ2n) is 4.14. The van der Waals surface area contributed by atoms with Gasteiger partial charge in [0.2, 0.25) is 0 Å². The summed E-state index contributed by atoms with van der Waals surface area (Å²) in [6.45, 7) is 1.93. The maximum absolute atomic E-state index is 13.6. The van der Waals surface area contributed by atoms with Gasteiger partial charge in [0.1, 0.15) is 6.07 Å². The summed E-state index contributed by atoms with van der Waals surface area (Å²) < 4.78 is 18.4. The molecular weight excluding hydrogens is 243 g/mol. The topological polar surface area (TPSA) is 45.0 Å². The third-order valence-corrected chi connectivity index (χ3v) is 2.73. The minimum absolute atomic E-state index is 0.190. The highest BCUT2D eigenvalue weighted by Crippen LogP contribution is 2.25. The Hall–Kier alpha value is -2.54. The number of benzene rings is 2. The highest BCUT2D eigenvalue weighted by Gasteiger charge is 2.06. The Bertz CT molecular complexity index is 647. The van der Waals surface area contributed by atoms with Gasteiger partial charge in [-0.3, -0.25) is 0 Å². The zero-order chi connectivity index (χ0) is 13.8. The first-order valence-corrected chi connectivity index (χ1v) is 5.75. The number of nitrogens with one attached hydrogen (secondary N) is 1. The number of halogens is 1. The van der Waals surface area contributed by atoms with Gasteiger partial charge in [-0.2, -0.15) is 5.26 Å². The van der Waals surface area contributed by atoms with Crippen LogP contribution >= 0.6 is 0 Å². The number of hydrogen-bond donors (Lipinski definition) is 1. The van der Waals surface area contributed by atoms with Crippen LogP contribution in [0.5, 0.6) is 5.75 Å². The lowest BCUT2D eigenvalue weighted by molar-refractivity contribution is 0.386. The molecule has 4 heteroatoms. The first-order chi connectivity index (χ1) is 9.13. The molecule has 0 fully saturated rings. The van der Waals surface area contributed by atoms with Crippen molar-refractivity contribution in [1.29, 1.82) is 5.26 Å². The van der Waals surface area contributed by atoms with Crippen molar-refractivity contribution in [2.75, 3.05) is 12.4 Å². The molecule has 0 atom stereocenters. The van der Waals surface area contributed by atoms with Crippen LogP contribution in [0, 0.1) is 24.1 Å². The van der Waals surface area contributed by atoms with Gasteiger partial charge in [-0.15, -0.1) is 0 Å². The summed E-state index contributed by atoms with van der Waals surface area (Å²) in [5, 5.41) is 12.1. The summed E-state index contributed by atoms with van der Waals surface area (Å²) in [6.07, 6.45) is 0. The first-order valence-electron chi connectivity index (χ1n) is 5.75. The zero-order valence-electron chi connectivity index (χ0n) is 10.7. The van der Waals surface area contributed by atoms with E-state index >= 15 is 0 Å². The summed E-state index contributed by atoms with van der Waals surface area (Å²) in [6, 6.07) is 12.1. The average molecular weight is 256 g/mol. The summed E-state index contributed by atoms with van der Waals surface area (Å²) in [5.74, 6) is -0.256. The summed E-state index contributed by atoms with van der Waals surface area (Å²) in [7, 11) is 1.42. The third kappa shape index (κ3) is 2.83. The standard InChI is InChI=1S/C15H13FN2O/c1-10-3-4-11(9-17)14(7-10)18-12-5-6-15(19-2)13(16)8-12/h3-8,18H,1-2H3. The van der Waals surface area contributed by atoms with Gasteiger partial charge in [0.15, 0.2) is 11.6 Å². The number of ether oxygens (including phenoxy) is 1. The van der Waals surface area contributed by atoms with Crippen molar-refractivity contribution in [1.82, 2.24) is 0 Å². The summed E-state index contributed by atoms with van der Waals surface area (Å²) in [5.41, 5.74) is 2.77. The summed E-state index contributed by atoms with van der Waals surface area (Å²) in [4.78, 5) is 0. The number of nitrogens with zero attached hydrogens (tertiary/aromatic N) is 1. The molecule has 0 aliphatic heterocycles. The molecule has 0 aliphatic carbocycles. The van der Waals surface area contributed by atoms with Crippen molar-refractivity contribution < 1.29 is 9.13 Å². The molecule has 2 rings (SSSR count). The predicted molar refractivity (Wildman–Crippen MR) is 72.1 cm³/mol. The van der Waals surface area contributed by atoms with Gasteiger partial charge in [-0.1, -0.05) is 6.07 Å². The molecular formula is C15H13FN2O. The lowest BCUT2D eigenvalue weighted by Crippen LogP contribution is -1.96. The third-order valence-electron chi connectivity index (χ3n) is 2.73. The molecule has 2 aromatic rings. The average Bonchev–Trinajstić information content (AvgIpc) is 2.39. The Morgan fingerprint density at radius 2 is 2.00 bits per heavy atom. The van der Waals surface area contributed by atoms with E-state index in [2.05, 4.69) is 11.4 Å². The molecule has 2 aromatic carbocycles. The van der Waals surface area contributed by atoms with E-state index in [9.17, 15) is 4.39 Å². The van der Waals surface area contributed by atoms with Gasteiger partial charge in [0.25, 0.3) is 0 Å². The number of nitriles is 1. The highest BCUT2D eigenvalue weighted by molar-refractivity contribution is 5.67. The molecule has 0 saturated heterocycles. The molecule has 0 saturated carbocycles. The van der Waals surface area contributed by atoms with Crippen molar-refractivity contribution in [2.45, 2.75) is 6.92 Å². The van der Waals surface area contributed by atoms with Crippen LogP contribution < -0.4 is 10.1 Å². The minimum Gasteiger partial charge on any atom is -0.494 e. The fourth-order valence-electron chi connectivity index (χ4n) is 1.76. The molecule has 0 aromatic heterocycles. The van der Waals surface area contributed by atoms with Crippen LogP contribution in [0.1, 0.15) is 11.1 Å². The van der Waals surface area contributed by atoms with E-state index in [-0.39, 0.29) is 5.75 Å². The van der Waals surface area contributed by atoms with Gasteiger partial charge in [0.05, 0.1) is 18.4 Å². The Kier molecular flexibility index (Phi) is 3.67. The number of methoxy groups -OCH3 is 1. The number of rotatable bonds is 3. The van der Waals surface area contributed by atoms with Crippen molar-refractivity contribution in [2.24, 2.45) is 0 Å². The Balaban J connectivity index is 2.34. The Morgan fingerprint density at radius 1 is 1.21 bits per heavy atom. The molecule has 19 heavy (non-hydrogen) atoms. The van der Waals surface area contributed by atoms with Crippen LogP contribution in [0.2, 0.25) is 0 Å². The smallest absolute Gasteiger partial charge is 0.167 e. The van der Waals surface area contributed by atoms with E-state index in [0.717, 1.165) is 5.56 Å². The van der Waals surface area contributed by atoms with Crippen molar-refractivity contribution in [3.05, 3.63) is 53.3 Å². The lowest BCUT2D eigenvalue weighted by atomic mass is 10.1. The van der Waals surface area contributed by atoms with E-state index < -0.39 is 5.82 Å². The quantitative estimate of drug-likeness (QED) is 0.909. The molecule has 96 valence electrons. The van der Waals surface area contributed by atoms with Gasteiger partial charge >= 0.3 is 0 Å². The molecule has 0 amide bonds. The fraction of sp³-hybridized carbons (Fsp3) is 0.133. The van der Waals surface area contributed by atoms with Gasteiger partial charge in [0, 0.05) is 11.8 Å². The van der Waals surface area contributed by atoms with E-state index in [1.54, 1.807) is 18.2 Å². The number of aryl methyl sites for hydroxylation is 1. The number of anilines is 2. The molecule has 0 unspecified atom stereocenters. The van der Waals surface area contributed by atoms with Crippen LogP contribution in [0.25, 0.3) is 0 Å². The van der Waals surface area contributed by atoms with E-state index in [0.29, 0.717) is 16.9 Å². The van der Waals surface area contributed by atoms with E-state index in [1.165, 1.54) is 13.2 Å². The van der Waals surface area contributed by atoms with E-state index in [1.807, 2.05) is 19.1 Å². The van der Waals surface area contributed by atoms with Gasteiger partial charge in [-0.25, -0.2) is 4.39 Å². The maximum atomic E-state index is 13.6. The Labute approximate surface area is 111 Å². The predicted octanol–water partition coefficient (Wildman–Crippen LogP) is 3.76. The van der Waals surface area contributed by atoms with Crippen LogP contribution in [0.3, 0.4) is 0 Å².